The van der Waals surface area contributed by atoms with Gasteiger partial charge in [-0.25, -0.2) is 0 Å². The van der Waals surface area contributed by atoms with Gasteiger partial charge in [-0.05, 0) is 44.9 Å². The quantitative estimate of drug-likeness (QED) is 0.347. The number of guanidine groups is 1. The summed E-state index contributed by atoms with van der Waals surface area (Å²) in [6.07, 6.45) is 0.918. The van der Waals surface area contributed by atoms with Gasteiger partial charge in [0.15, 0.2) is 5.96 Å². The number of morpholine rings is 1. The zero-order valence-corrected chi connectivity index (χ0v) is 19.1. The molecule has 5 nitrogen and oxygen atoms in total. The molecule has 2 N–H and O–H groups in total. The Bertz CT molecular complexity index is 558. The fourth-order valence-electron chi connectivity index (χ4n) is 3.08. The van der Waals surface area contributed by atoms with Crippen molar-refractivity contribution in [2.45, 2.75) is 39.3 Å². The molecule has 0 amide bonds. The minimum absolute atomic E-state index is 0. The van der Waals surface area contributed by atoms with Gasteiger partial charge in [0.1, 0.15) is 0 Å². The van der Waals surface area contributed by atoms with E-state index >= 15 is 0 Å². The minimum Gasteiger partial charge on any atom is -0.379 e. The first-order valence-corrected chi connectivity index (χ1v) is 9.58. The van der Waals surface area contributed by atoms with E-state index in [-0.39, 0.29) is 24.0 Å². The molecule has 0 radical (unpaired) electrons. The first-order valence-electron chi connectivity index (χ1n) is 9.20. The molecule has 0 saturated carbocycles. The van der Waals surface area contributed by atoms with Crippen molar-refractivity contribution >= 4 is 41.5 Å². The fraction of sp³-hybridized carbons (Fsp3) is 0.632. The van der Waals surface area contributed by atoms with Gasteiger partial charge >= 0.3 is 0 Å². The molecular formula is C19H32ClIN4O. The number of halogens is 2. The van der Waals surface area contributed by atoms with E-state index < -0.39 is 0 Å². The largest absolute Gasteiger partial charge is 0.379 e. The molecular weight excluding hydrogens is 463 g/mol. The van der Waals surface area contributed by atoms with E-state index in [2.05, 4.69) is 42.4 Å². The van der Waals surface area contributed by atoms with Crippen LogP contribution in [0.25, 0.3) is 0 Å². The number of rotatable bonds is 7. The van der Waals surface area contributed by atoms with Crippen LogP contribution in [0.1, 0.15) is 26.3 Å². The van der Waals surface area contributed by atoms with E-state index in [0.29, 0.717) is 12.1 Å². The Hall–Kier alpha value is -0.570. The lowest BCUT2D eigenvalue weighted by Gasteiger charge is -2.37. The molecule has 1 fully saturated rings. The van der Waals surface area contributed by atoms with Crippen LogP contribution < -0.4 is 10.6 Å². The Morgan fingerprint density at radius 3 is 2.92 bits per heavy atom. The first kappa shape index (κ1) is 23.5. The summed E-state index contributed by atoms with van der Waals surface area (Å²) >= 11 is 6.04. The van der Waals surface area contributed by atoms with Gasteiger partial charge < -0.3 is 15.4 Å². The van der Waals surface area contributed by atoms with Crippen molar-refractivity contribution in [2.24, 2.45) is 4.99 Å². The predicted octanol–water partition coefficient (Wildman–Crippen LogP) is 3.16. The molecule has 7 heteroatoms. The van der Waals surface area contributed by atoms with Crippen LogP contribution in [0.3, 0.4) is 0 Å². The standard InChI is InChI=1S/C19H31ClN4O.HI/c1-4-21-19(22-9-8-17-6-5-7-18(20)12-17)23-13-15(2)24-10-11-25-14-16(24)3;/h5-7,12,15-16H,4,8-11,13-14H2,1-3H3,(H2,21,22,23);1H. The van der Waals surface area contributed by atoms with E-state index in [1.165, 1.54) is 5.56 Å². The molecule has 1 heterocycles. The second-order valence-electron chi connectivity index (χ2n) is 6.54. The summed E-state index contributed by atoms with van der Waals surface area (Å²) in [6, 6.07) is 8.86. The highest BCUT2D eigenvalue weighted by molar-refractivity contribution is 14.0. The SMILES string of the molecule is CCNC(=NCC(C)N1CCOCC1C)NCCc1cccc(Cl)c1.I. The average Bonchev–Trinajstić information content (AvgIpc) is 2.60. The highest BCUT2D eigenvalue weighted by Gasteiger charge is 2.23. The maximum absolute atomic E-state index is 6.04. The van der Waals surface area contributed by atoms with Crippen LogP contribution in [-0.4, -0.2) is 62.3 Å². The van der Waals surface area contributed by atoms with Crippen LogP contribution in [0.5, 0.6) is 0 Å². The average molecular weight is 495 g/mol. The summed E-state index contributed by atoms with van der Waals surface area (Å²) in [4.78, 5) is 7.23. The highest BCUT2D eigenvalue weighted by Crippen LogP contribution is 2.11. The van der Waals surface area contributed by atoms with E-state index in [1.807, 2.05) is 18.2 Å². The van der Waals surface area contributed by atoms with E-state index in [1.54, 1.807) is 0 Å². The molecule has 1 aliphatic heterocycles. The Balaban J connectivity index is 0.00000338. The molecule has 0 bridgehead atoms. The van der Waals surface area contributed by atoms with Gasteiger partial charge in [0.2, 0.25) is 0 Å². The monoisotopic (exact) mass is 494 g/mol. The number of aliphatic imine (C=N–C) groups is 1. The van der Waals surface area contributed by atoms with Crippen molar-refractivity contribution in [2.75, 3.05) is 39.4 Å². The molecule has 2 rings (SSSR count). The van der Waals surface area contributed by atoms with Gasteiger partial charge in [-0.3, -0.25) is 9.89 Å². The third kappa shape index (κ3) is 7.98. The third-order valence-electron chi connectivity index (χ3n) is 4.44. The van der Waals surface area contributed by atoms with Crippen LogP contribution in [0.2, 0.25) is 5.02 Å². The molecule has 26 heavy (non-hydrogen) atoms. The zero-order chi connectivity index (χ0) is 18.1. The Morgan fingerprint density at radius 2 is 2.23 bits per heavy atom. The molecule has 0 aromatic heterocycles. The second kappa shape index (κ2) is 12.8. The first-order chi connectivity index (χ1) is 12.1. The molecule has 1 aromatic rings. The van der Waals surface area contributed by atoms with Crippen molar-refractivity contribution in [1.82, 2.24) is 15.5 Å². The molecule has 0 spiro atoms. The number of nitrogens with zero attached hydrogens (tertiary/aromatic N) is 2. The maximum Gasteiger partial charge on any atom is 0.191 e. The highest BCUT2D eigenvalue weighted by atomic mass is 127. The molecule has 1 aliphatic rings. The summed E-state index contributed by atoms with van der Waals surface area (Å²) in [5, 5.41) is 7.51. The van der Waals surface area contributed by atoms with Crippen LogP contribution in [0.15, 0.2) is 29.3 Å². The zero-order valence-electron chi connectivity index (χ0n) is 16.0. The van der Waals surface area contributed by atoms with Gasteiger partial charge in [-0.15, -0.1) is 24.0 Å². The Labute approximate surface area is 179 Å². The lowest BCUT2D eigenvalue weighted by Crippen LogP contribution is -2.49. The fourth-order valence-corrected chi connectivity index (χ4v) is 3.30. The molecule has 2 atom stereocenters. The lowest BCUT2D eigenvalue weighted by molar-refractivity contribution is -0.0165. The van der Waals surface area contributed by atoms with E-state index in [9.17, 15) is 0 Å². The van der Waals surface area contributed by atoms with Gasteiger partial charge in [-0.1, -0.05) is 23.7 Å². The van der Waals surface area contributed by atoms with Crippen molar-refractivity contribution in [3.8, 4) is 0 Å². The van der Waals surface area contributed by atoms with Crippen molar-refractivity contribution in [3.63, 3.8) is 0 Å². The summed E-state index contributed by atoms with van der Waals surface area (Å²) in [6.45, 7) is 11.6. The van der Waals surface area contributed by atoms with Gasteiger partial charge in [-0.2, -0.15) is 0 Å². The maximum atomic E-state index is 6.04. The number of hydrogen-bond donors (Lipinski definition) is 2. The summed E-state index contributed by atoms with van der Waals surface area (Å²) < 4.78 is 5.52. The van der Waals surface area contributed by atoms with E-state index in [0.717, 1.165) is 56.8 Å². The number of ether oxygens (including phenoxy) is 1. The van der Waals surface area contributed by atoms with Crippen molar-refractivity contribution in [1.29, 1.82) is 0 Å². The minimum atomic E-state index is 0. The van der Waals surface area contributed by atoms with Crippen LogP contribution in [0.4, 0.5) is 0 Å². The predicted molar refractivity (Wildman–Crippen MR) is 121 cm³/mol. The molecule has 148 valence electrons. The normalized spacial score (nSPS) is 19.5. The second-order valence-corrected chi connectivity index (χ2v) is 6.97. The Kier molecular flexibility index (Phi) is 11.5. The van der Waals surface area contributed by atoms with Crippen molar-refractivity contribution in [3.05, 3.63) is 34.9 Å². The summed E-state index contributed by atoms with van der Waals surface area (Å²) in [5.74, 6) is 0.872. The third-order valence-corrected chi connectivity index (χ3v) is 4.67. The topological polar surface area (TPSA) is 48.9 Å². The lowest BCUT2D eigenvalue weighted by atomic mass is 10.1. The van der Waals surface area contributed by atoms with Gasteiger partial charge in [0.25, 0.3) is 0 Å². The molecule has 1 saturated heterocycles. The van der Waals surface area contributed by atoms with Crippen molar-refractivity contribution < 1.29 is 4.74 Å². The van der Waals surface area contributed by atoms with Gasteiger partial charge in [0.05, 0.1) is 19.8 Å². The molecule has 2 unspecified atom stereocenters. The number of nitrogens with one attached hydrogen (secondary N) is 2. The van der Waals surface area contributed by atoms with Crippen LogP contribution >= 0.6 is 35.6 Å². The number of benzene rings is 1. The molecule has 1 aromatic carbocycles. The smallest absolute Gasteiger partial charge is 0.191 e. The number of hydrogen-bond acceptors (Lipinski definition) is 3. The summed E-state index contributed by atoms with van der Waals surface area (Å²) in [7, 11) is 0. The Morgan fingerprint density at radius 1 is 1.42 bits per heavy atom. The van der Waals surface area contributed by atoms with Crippen LogP contribution in [0, 0.1) is 0 Å². The van der Waals surface area contributed by atoms with Crippen LogP contribution in [-0.2, 0) is 11.2 Å². The van der Waals surface area contributed by atoms with Gasteiger partial charge in [0, 0.05) is 36.7 Å². The van der Waals surface area contributed by atoms with E-state index in [4.69, 9.17) is 21.3 Å². The molecule has 0 aliphatic carbocycles. The summed E-state index contributed by atoms with van der Waals surface area (Å²) in [5.41, 5.74) is 1.23.